The molecule has 0 saturated carbocycles. The third-order valence-electron chi connectivity index (χ3n) is 2.68. The van der Waals surface area contributed by atoms with Gasteiger partial charge in [-0.05, 0) is 18.6 Å². The van der Waals surface area contributed by atoms with Crippen LogP contribution < -0.4 is 0 Å². The molecule has 0 bridgehead atoms. The summed E-state index contributed by atoms with van der Waals surface area (Å²) in [5, 5.41) is 12.7. The second-order valence-corrected chi connectivity index (χ2v) is 5.59. The van der Waals surface area contributed by atoms with Gasteiger partial charge < -0.3 is 8.94 Å². The van der Waals surface area contributed by atoms with Crippen LogP contribution in [0.15, 0.2) is 44.8 Å². The number of hydrogen-bond acceptors (Lipinski definition) is 7. The summed E-state index contributed by atoms with van der Waals surface area (Å²) >= 11 is 7.58. The van der Waals surface area contributed by atoms with Gasteiger partial charge in [0.1, 0.15) is 0 Å². The molecule has 108 valence electrons. The van der Waals surface area contributed by atoms with Gasteiger partial charge in [-0.15, -0.1) is 10.2 Å². The summed E-state index contributed by atoms with van der Waals surface area (Å²) in [5.41, 5.74) is 0.740. The molecule has 8 heteroatoms. The Morgan fingerprint density at radius 3 is 2.90 bits per heavy atom. The highest BCUT2D eigenvalue weighted by Gasteiger charge is 2.11. The van der Waals surface area contributed by atoms with Gasteiger partial charge in [0.2, 0.25) is 11.8 Å². The van der Waals surface area contributed by atoms with E-state index in [2.05, 4.69) is 20.3 Å². The van der Waals surface area contributed by atoms with Gasteiger partial charge >= 0.3 is 0 Å². The average Bonchev–Trinajstić information content (AvgIpc) is 3.16. The fraction of sp³-hybridized carbons (Fsp3) is 0.231. The van der Waals surface area contributed by atoms with E-state index in [1.54, 1.807) is 6.07 Å². The standard InChI is InChI=1S/C13H11ClN4O2S/c14-10-5-2-1-4-9(10)12-17-18-13(19-12)21-7-3-6-11-15-8-16-20-11/h1-2,4-5,8H,3,6-7H2. The molecule has 0 atom stereocenters. The molecular weight excluding hydrogens is 312 g/mol. The Hall–Kier alpha value is -1.86. The van der Waals surface area contributed by atoms with Crippen LogP contribution in [0.2, 0.25) is 5.02 Å². The molecule has 3 rings (SSSR count). The number of thioether (sulfide) groups is 1. The first-order valence-electron chi connectivity index (χ1n) is 6.29. The van der Waals surface area contributed by atoms with Crippen molar-refractivity contribution in [2.24, 2.45) is 0 Å². The van der Waals surface area contributed by atoms with Crippen LogP contribution in [0.25, 0.3) is 11.5 Å². The van der Waals surface area contributed by atoms with Gasteiger partial charge in [0.05, 0.1) is 10.6 Å². The fourth-order valence-corrected chi connectivity index (χ4v) is 2.62. The monoisotopic (exact) mass is 322 g/mol. The normalized spacial score (nSPS) is 10.9. The molecule has 21 heavy (non-hydrogen) atoms. The second-order valence-electron chi connectivity index (χ2n) is 4.14. The Labute approximate surface area is 129 Å². The van der Waals surface area contributed by atoms with Crippen LogP contribution in [0.3, 0.4) is 0 Å². The predicted octanol–water partition coefficient (Wildman–Crippen LogP) is 3.50. The quantitative estimate of drug-likeness (QED) is 0.507. The topological polar surface area (TPSA) is 77.8 Å². The Morgan fingerprint density at radius 1 is 1.19 bits per heavy atom. The van der Waals surface area contributed by atoms with Crippen LogP contribution in [0.5, 0.6) is 0 Å². The van der Waals surface area contributed by atoms with Crippen molar-refractivity contribution in [3.05, 3.63) is 41.5 Å². The lowest BCUT2D eigenvalue weighted by Crippen LogP contribution is -1.87. The van der Waals surface area contributed by atoms with Gasteiger partial charge in [0.25, 0.3) is 5.22 Å². The van der Waals surface area contributed by atoms with Crippen LogP contribution >= 0.6 is 23.4 Å². The lowest BCUT2D eigenvalue weighted by molar-refractivity contribution is 0.376. The van der Waals surface area contributed by atoms with Crippen LogP contribution in [0.1, 0.15) is 12.3 Å². The van der Waals surface area contributed by atoms with Gasteiger partial charge in [-0.25, -0.2) is 0 Å². The van der Waals surface area contributed by atoms with Gasteiger partial charge in [-0.2, -0.15) is 4.98 Å². The van der Waals surface area contributed by atoms with Crippen molar-refractivity contribution in [2.45, 2.75) is 18.1 Å². The zero-order valence-corrected chi connectivity index (χ0v) is 12.5. The van der Waals surface area contributed by atoms with Crippen molar-refractivity contribution < 1.29 is 8.94 Å². The molecule has 3 aromatic rings. The minimum Gasteiger partial charge on any atom is -0.411 e. The summed E-state index contributed by atoms with van der Waals surface area (Å²) in [6.45, 7) is 0. The lowest BCUT2D eigenvalue weighted by atomic mass is 10.2. The largest absolute Gasteiger partial charge is 0.411 e. The Morgan fingerprint density at radius 2 is 2.10 bits per heavy atom. The number of halogens is 1. The molecule has 6 nitrogen and oxygen atoms in total. The zero-order valence-electron chi connectivity index (χ0n) is 10.9. The molecular formula is C13H11ClN4O2S. The van der Waals surface area contributed by atoms with Gasteiger partial charge in [-0.1, -0.05) is 40.7 Å². The Balaban J connectivity index is 1.55. The Bertz CT molecular complexity index is 702. The molecule has 0 amide bonds. The highest BCUT2D eigenvalue weighted by atomic mass is 35.5. The van der Waals surface area contributed by atoms with Crippen molar-refractivity contribution in [3.8, 4) is 11.5 Å². The summed E-state index contributed by atoms with van der Waals surface area (Å²) in [6.07, 6.45) is 3.02. The average molecular weight is 323 g/mol. The predicted molar refractivity (Wildman–Crippen MR) is 78.1 cm³/mol. The van der Waals surface area contributed by atoms with E-state index >= 15 is 0 Å². The maximum absolute atomic E-state index is 6.09. The molecule has 0 aliphatic heterocycles. The van der Waals surface area contributed by atoms with Crippen LogP contribution in [-0.2, 0) is 6.42 Å². The van der Waals surface area contributed by atoms with Crippen molar-refractivity contribution >= 4 is 23.4 Å². The van der Waals surface area contributed by atoms with E-state index in [0.29, 0.717) is 22.0 Å². The SMILES string of the molecule is Clc1ccccc1-c1nnc(SCCCc2ncno2)o1. The molecule has 2 aromatic heterocycles. The van der Waals surface area contributed by atoms with E-state index in [9.17, 15) is 0 Å². The van der Waals surface area contributed by atoms with Crippen molar-refractivity contribution in [1.82, 2.24) is 20.3 Å². The molecule has 0 saturated heterocycles. The number of nitrogens with zero attached hydrogens (tertiary/aromatic N) is 4. The molecule has 0 radical (unpaired) electrons. The number of hydrogen-bond donors (Lipinski definition) is 0. The summed E-state index contributed by atoms with van der Waals surface area (Å²) in [6, 6.07) is 7.37. The molecule has 0 fully saturated rings. The lowest BCUT2D eigenvalue weighted by Gasteiger charge is -1.97. The number of benzene rings is 1. The first kappa shape index (κ1) is 14.1. The van der Waals surface area contributed by atoms with E-state index in [0.717, 1.165) is 24.2 Å². The van der Waals surface area contributed by atoms with Crippen molar-refractivity contribution in [1.29, 1.82) is 0 Å². The molecule has 0 N–H and O–H groups in total. The minimum absolute atomic E-state index is 0.431. The summed E-state index contributed by atoms with van der Waals surface area (Å²) in [7, 11) is 0. The third-order valence-corrected chi connectivity index (χ3v) is 3.91. The van der Waals surface area contributed by atoms with Gasteiger partial charge in [-0.3, -0.25) is 0 Å². The first-order valence-corrected chi connectivity index (χ1v) is 7.66. The summed E-state index contributed by atoms with van der Waals surface area (Å²) < 4.78 is 10.5. The molecule has 0 aliphatic carbocycles. The molecule has 0 aliphatic rings. The van der Waals surface area contributed by atoms with E-state index in [1.165, 1.54) is 18.1 Å². The third kappa shape index (κ3) is 3.62. The van der Waals surface area contributed by atoms with Crippen LogP contribution in [0.4, 0.5) is 0 Å². The van der Waals surface area contributed by atoms with Crippen molar-refractivity contribution in [3.63, 3.8) is 0 Å². The van der Waals surface area contributed by atoms with E-state index in [1.807, 2.05) is 18.2 Å². The van der Waals surface area contributed by atoms with E-state index in [4.69, 9.17) is 20.5 Å². The number of rotatable bonds is 6. The zero-order chi connectivity index (χ0) is 14.5. The highest BCUT2D eigenvalue weighted by Crippen LogP contribution is 2.28. The van der Waals surface area contributed by atoms with Gasteiger partial charge in [0, 0.05) is 12.2 Å². The number of aryl methyl sites for hydroxylation is 1. The minimum atomic E-state index is 0.431. The van der Waals surface area contributed by atoms with Gasteiger partial charge in [0.15, 0.2) is 6.33 Å². The maximum atomic E-state index is 6.09. The van der Waals surface area contributed by atoms with Crippen LogP contribution in [-0.4, -0.2) is 26.1 Å². The Kier molecular flexibility index (Phi) is 4.52. The molecule has 1 aromatic carbocycles. The summed E-state index contributed by atoms with van der Waals surface area (Å²) in [5.74, 6) is 1.89. The van der Waals surface area contributed by atoms with E-state index < -0.39 is 0 Å². The molecule has 2 heterocycles. The highest BCUT2D eigenvalue weighted by molar-refractivity contribution is 7.99. The second kappa shape index (κ2) is 6.73. The first-order chi connectivity index (χ1) is 10.3. The fourth-order valence-electron chi connectivity index (χ4n) is 1.70. The van der Waals surface area contributed by atoms with E-state index in [-0.39, 0.29) is 0 Å². The maximum Gasteiger partial charge on any atom is 0.276 e. The summed E-state index contributed by atoms with van der Waals surface area (Å²) in [4.78, 5) is 3.96. The van der Waals surface area contributed by atoms with Crippen LogP contribution in [0, 0.1) is 0 Å². The molecule has 0 spiro atoms. The van der Waals surface area contributed by atoms with Crippen molar-refractivity contribution in [2.75, 3.05) is 5.75 Å². The number of aromatic nitrogens is 4. The molecule has 0 unspecified atom stereocenters. The smallest absolute Gasteiger partial charge is 0.276 e.